The van der Waals surface area contributed by atoms with Crippen LogP contribution in [0.5, 0.6) is 0 Å². The van der Waals surface area contributed by atoms with Crippen LogP contribution in [0.1, 0.15) is 13.3 Å². The molecule has 2 aromatic rings. The number of amides is 3. The average Bonchev–Trinajstić information content (AvgIpc) is 3.15. The number of ether oxygens (including phenoxy) is 1. The number of carbonyl (C=O) groups is 2. The third-order valence-electron chi connectivity index (χ3n) is 4.10. The number of rotatable bonds is 7. The van der Waals surface area contributed by atoms with Gasteiger partial charge in [-0.15, -0.1) is 10.2 Å². The van der Waals surface area contributed by atoms with Crippen molar-refractivity contribution in [1.29, 1.82) is 0 Å². The lowest BCUT2D eigenvalue weighted by Gasteiger charge is -2.27. The molecule has 0 spiro atoms. The number of benzene rings is 1. The summed E-state index contributed by atoms with van der Waals surface area (Å²) in [5.74, 6) is -0.311. The average molecular weight is 422 g/mol. The number of anilines is 1. The predicted molar refractivity (Wildman–Crippen MR) is 107 cm³/mol. The lowest BCUT2D eigenvalue weighted by Crippen LogP contribution is -2.40. The molecule has 1 aromatic carbocycles. The molecule has 3 rings (SSSR count). The van der Waals surface area contributed by atoms with E-state index in [1.807, 2.05) is 11.8 Å². The summed E-state index contributed by atoms with van der Waals surface area (Å²) in [5.41, 5.74) is 0.556. The number of hydrogen-bond acceptors (Lipinski definition) is 7. The van der Waals surface area contributed by atoms with Gasteiger partial charge in [0.15, 0.2) is 5.16 Å². The van der Waals surface area contributed by atoms with Crippen LogP contribution in [0, 0.1) is 5.82 Å². The van der Waals surface area contributed by atoms with E-state index in [4.69, 9.17) is 4.74 Å². The Bertz CT molecular complexity index is 856. The van der Waals surface area contributed by atoms with Crippen LogP contribution in [0.3, 0.4) is 0 Å². The zero-order chi connectivity index (χ0) is 20.6. The van der Waals surface area contributed by atoms with Crippen molar-refractivity contribution in [2.75, 3.05) is 43.5 Å². The van der Waals surface area contributed by atoms with Gasteiger partial charge in [0.2, 0.25) is 11.9 Å². The summed E-state index contributed by atoms with van der Waals surface area (Å²) in [6.45, 7) is 4.81. The van der Waals surface area contributed by atoms with Crippen molar-refractivity contribution >= 4 is 29.6 Å². The molecule has 156 valence electrons. The zero-order valence-electron chi connectivity index (χ0n) is 16.1. The van der Waals surface area contributed by atoms with Crippen molar-refractivity contribution in [1.82, 2.24) is 25.4 Å². The molecule has 1 aliphatic rings. The summed E-state index contributed by atoms with van der Waals surface area (Å²) >= 11 is 1.12. The first kappa shape index (κ1) is 21.1. The van der Waals surface area contributed by atoms with Crippen LogP contribution in [0.4, 0.5) is 15.1 Å². The fourth-order valence-electron chi connectivity index (χ4n) is 2.74. The van der Waals surface area contributed by atoms with Crippen LogP contribution in [0.15, 0.2) is 29.4 Å². The van der Waals surface area contributed by atoms with Gasteiger partial charge in [-0.3, -0.25) is 14.7 Å². The minimum Gasteiger partial charge on any atom is -0.378 e. The fraction of sp³-hybridized carbons (Fsp3) is 0.444. The monoisotopic (exact) mass is 422 g/mol. The number of thioether (sulfide) groups is 1. The van der Waals surface area contributed by atoms with Crippen LogP contribution in [-0.2, 0) is 9.53 Å². The summed E-state index contributed by atoms with van der Waals surface area (Å²) in [6.07, 6.45) is 0.775. The third-order valence-corrected chi connectivity index (χ3v) is 5.03. The van der Waals surface area contributed by atoms with E-state index in [2.05, 4.69) is 20.8 Å². The van der Waals surface area contributed by atoms with E-state index in [1.165, 1.54) is 12.1 Å². The highest BCUT2D eigenvalue weighted by Gasteiger charge is 2.22. The Hall–Kier alpha value is -2.66. The van der Waals surface area contributed by atoms with E-state index >= 15 is 0 Å². The van der Waals surface area contributed by atoms with E-state index in [-0.39, 0.29) is 11.6 Å². The molecular formula is C18H23FN6O3S. The van der Waals surface area contributed by atoms with Crippen molar-refractivity contribution in [3.8, 4) is 5.69 Å². The number of urea groups is 1. The van der Waals surface area contributed by atoms with Crippen LogP contribution in [0.2, 0.25) is 0 Å². The Kier molecular flexibility index (Phi) is 7.42. The molecule has 2 N–H and O–H groups in total. The summed E-state index contributed by atoms with van der Waals surface area (Å²) in [4.78, 5) is 25.7. The second-order valence-corrected chi connectivity index (χ2v) is 7.23. The molecule has 1 aromatic heterocycles. The van der Waals surface area contributed by atoms with E-state index in [0.717, 1.165) is 18.2 Å². The van der Waals surface area contributed by atoms with Crippen LogP contribution >= 0.6 is 11.8 Å². The second kappa shape index (κ2) is 10.2. The SMILES string of the molecule is CCCNC(=O)NC(=O)CSc1nnc(N2CCOCC2)n1-c1cccc(F)c1. The molecule has 1 saturated heterocycles. The molecule has 9 nitrogen and oxygen atoms in total. The van der Waals surface area contributed by atoms with Crippen molar-refractivity contribution in [3.05, 3.63) is 30.1 Å². The Morgan fingerprint density at radius 1 is 1.28 bits per heavy atom. The van der Waals surface area contributed by atoms with Gasteiger partial charge in [0.25, 0.3) is 0 Å². The molecule has 0 radical (unpaired) electrons. The molecule has 29 heavy (non-hydrogen) atoms. The first-order valence-corrected chi connectivity index (χ1v) is 10.3. The fourth-order valence-corrected chi connectivity index (χ4v) is 3.49. The van der Waals surface area contributed by atoms with E-state index < -0.39 is 11.9 Å². The van der Waals surface area contributed by atoms with Gasteiger partial charge in [-0.2, -0.15) is 0 Å². The Labute approximate surface area is 172 Å². The number of aromatic nitrogens is 3. The molecule has 0 saturated carbocycles. The minimum absolute atomic E-state index is 0.0316. The second-order valence-electron chi connectivity index (χ2n) is 6.29. The van der Waals surface area contributed by atoms with Gasteiger partial charge >= 0.3 is 6.03 Å². The highest BCUT2D eigenvalue weighted by molar-refractivity contribution is 7.99. The van der Waals surface area contributed by atoms with Gasteiger partial charge in [-0.1, -0.05) is 24.8 Å². The van der Waals surface area contributed by atoms with E-state index in [1.54, 1.807) is 16.7 Å². The zero-order valence-corrected chi connectivity index (χ0v) is 16.9. The van der Waals surface area contributed by atoms with Gasteiger partial charge in [0.1, 0.15) is 5.82 Å². The first-order chi connectivity index (χ1) is 14.1. The minimum atomic E-state index is -0.530. The number of carbonyl (C=O) groups excluding carboxylic acids is 2. The lowest BCUT2D eigenvalue weighted by atomic mass is 10.3. The summed E-state index contributed by atoms with van der Waals surface area (Å²) in [6, 6.07) is 5.57. The molecule has 3 amide bonds. The molecule has 0 aliphatic carbocycles. The maximum Gasteiger partial charge on any atom is 0.321 e. The highest BCUT2D eigenvalue weighted by atomic mass is 32.2. The van der Waals surface area contributed by atoms with Gasteiger partial charge in [0, 0.05) is 19.6 Å². The molecule has 0 bridgehead atoms. The third kappa shape index (κ3) is 5.67. The summed E-state index contributed by atoms with van der Waals surface area (Å²) in [5, 5.41) is 13.7. The van der Waals surface area contributed by atoms with Crippen LogP contribution in [0.25, 0.3) is 5.69 Å². The molecule has 2 heterocycles. The van der Waals surface area contributed by atoms with Crippen LogP contribution < -0.4 is 15.5 Å². The first-order valence-electron chi connectivity index (χ1n) is 9.33. The Morgan fingerprint density at radius 2 is 2.07 bits per heavy atom. The smallest absolute Gasteiger partial charge is 0.321 e. The number of hydrogen-bond donors (Lipinski definition) is 2. The van der Waals surface area contributed by atoms with Gasteiger partial charge in [-0.25, -0.2) is 9.18 Å². The van der Waals surface area contributed by atoms with E-state index in [9.17, 15) is 14.0 Å². The number of halogens is 1. The van der Waals surface area contributed by atoms with Crippen molar-refractivity contribution in [2.24, 2.45) is 0 Å². The molecule has 0 unspecified atom stereocenters. The quantitative estimate of drug-likeness (QED) is 0.653. The molecule has 1 aliphatic heterocycles. The topological polar surface area (TPSA) is 101 Å². The molecule has 1 fully saturated rings. The largest absolute Gasteiger partial charge is 0.378 e. The van der Waals surface area contributed by atoms with Crippen molar-refractivity contribution in [3.63, 3.8) is 0 Å². The lowest BCUT2D eigenvalue weighted by molar-refractivity contribution is -0.117. The van der Waals surface area contributed by atoms with E-state index in [0.29, 0.717) is 49.6 Å². The van der Waals surface area contributed by atoms with Gasteiger partial charge < -0.3 is 15.0 Å². The summed E-state index contributed by atoms with van der Waals surface area (Å²) in [7, 11) is 0. The van der Waals surface area contributed by atoms with Crippen molar-refractivity contribution < 1.29 is 18.7 Å². The summed E-state index contributed by atoms with van der Waals surface area (Å²) < 4.78 is 20.9. The normalized spacial score (nSPS) is 13.9. The number of nitrogens with one attached hydrogen (secondary N) is 2. The van der Waals surface area contributed by atoms with Gasteiger partial charge in [0.05, 0.1) is 24.7 Å². The highest BCUT2D eigenvalue weighted by Crippen LogP contribution is 2.27. The maximum absolute atomic E-state index is 13.8. The molecule has 0 atom stereocenters. The molecular weight excluding hydrogens is 399 g/mol. The van der Waals surface area contributed by atoms with Crippen LogP contribution in [-0.4, -0.2) is 65.3 Å². The number of morpholine rings is 1. The number of imide groups is 1. The predicted octanol–water partition coefficient (Wildman–Crippen LogP) is 1.57. The van der Waals surface area contributed by atoms with Gasteiger partial charge in [-0.05, 0) is 24.6 Å². The van der Waals surface area contributed by atoms with Crippen molar-refractivity contribution in [2.45, 2.75) is 18.5 Å². The molecule has 11 heteroatoms. The maximum atomic E-state index is 13.8. The number of nitrogens with zero attached hydrogens (tertiary/aromatic N) is 4. The Morgan fingerprint density at radius 3 is 2.79 bits per heavy atom. The Balaban J connectivity index is 1.76. The standard InChI is InChI=1S/C18H23FN6O3S/c1-2-6-20-16(27)21-15(26)12-29-18-23-22-17(24-7-9-28-10-8-24)25(18)14-5-3-4-13(19)11-14/h3-5,11H,2,6-10,12H2,1H3,(H2,20,21,26,27).